The Labute approximate surface area is 172 Å². The fourth-order valence-corrected chi connectivity index (χ4v) is 3.50. The van der Waals surface area contributed by atoms with Crippen molar-refractivity contribution < 1.29 is 24.4 Å². The Hall–Kier alpha value is -3.76. The first-order chi connectivity index (χ1) is 14.3. The van der Waals surface area contributed by atoms with E-state index in [4.69, 9.17) is 4.74 Å². The summed E-state index contributed by atoms with van der Waals surface area (Å²) in [5, 5.41) is 21.1. The van der Waals surface area contributed by atoms with Crippen LogP contribution >= 0.6 is 0 Å². The fraction of sp³-hybridized carbons (Fsp3) is 0.368. The molecular weight excluding hydrogens is 394 g/mol. The molecule has 158 valence electrons. The Morgan fingerprint density at radius 3 is 2.53 bits per heavy atom. The molecule has 1 aliphatic heterocycles. The van der Waals surface area contributed by atoms with Crippen molar-refractivity contribution in [3.63, 3.8) is 0 Å². The summed E-state index contributed by atoms with van der Waals surface area (Å²) in [5.41, 5.74) is 0.314. The lowest BCUT2D eigenvalue weighted by molar-refractivity contribution is -0.383. The molecular formula is C19H21N5O6. The summed E-state index contributed by atoms with van der Waals surface area (Å²) in [6.07, 6.45) is 1.96. The molecule has 11 nitrogen and oxygen atoms in total. The zero-order valence-corrected chi connectivity index (χ0v) is 16.5. The van der Waals surface area contributed by atoms with Crippen LogP contribution in [0, 0.1) is 16.0 Å². The van der Waals surface area contributed by atoms with Gasteiger partial charge in [-0.1, -0.05) is 12.1 Å². The molecule has 1 aliphatic rings. The molecule has 0 radical (unpaired) electrons. The number of carbonyl (C=O) groups excluding carboxylic acids is 1. The highest BCUT2D eigenvalue weighted by atomic mass is 16.6. The Balaban J connectivity index is 2.01. The minimum atomic E-state index is -0.869. The smallest absolute Gasteiger partial charge is 0.353 e. The van der Waals surface area contributed by atoms with Gasteiger partial charge in [0.2, 0.25) is 11.6 Å². The highest BCUT2D eigenvalue weighted by molar-refractivity contribution is 5.97. The fourth-order valence-electron chi connectivity index (χ4n) is 3.50. The Morgan fingerprint density at radius 2 is 1.93 bits per heavy atom. The van der Waals surface area contributed by atoms with Gasteiger partial charge in [0, 0.05) is 20.1 Å². The van der Waals surface area contributed by atoms with Crippen LogP contribution in [0.2, 0.25) is 0 Å². The van der Waals surface area contributed by atoms with E-state index in [0.29, 0.717) is 31.6 Å². The van der Waals surface area contributed by atoms with Gasteiger partial charge in [-0.15, -0.1) is 0 Å². The molecule has 1 fully saturated rings. The number of aromatic nitrogens is 2. The Morgan fingerprint density at radius 1 is 1.27 bits per heavy atom. The largest absolute Gasteiger partial charge is 0.481 e. The monoisotopic (exact) mass is 415 g/mol. The number of hydrogen-bond donors (Lipinski definition) is 1. The van der Waals surface area contributed by atoms with Crippen LogP contribution in [-0.2, 0) is 9.53 Å². The minimum Gasteiger partial charge on any atom is -0.481 e. The number of anilines is 3. The third-order valence-corrected chi connectivity index (χ3v) is 5.10. The van der Waals surface area contributed by atoms with Crippen LogP contribution in [-0.4, -0.2) is 59.2 Å². The number of aliphatic carboxylic acids is 1. The maximum Gasteiger partial charge on any atom is 0.353 e. The van der Waals surface area contributed by atoms with Crippen LogP contribution in [0.5, 0.6) is 0 Å². The number of rotatable bonds is 6. The molecule has 0 amide bonds. The van der Waals surface area contributed by atoms with Gasteiger partial charge in [-0.2, -0.15) is 0 Å². The number of nitrogens with zero attached hydrogens (tertiary/aromatic N) is 5. The number of carbonyl (C=O) groups is 2. The lowest BCUT2D eigenvalue weighted by Gasteiger charge is -2.31. The van der Waals surface area contributed by atoms with Gasteiger partial charge >= 0.3 is 17.6 Å². The van der Waals surface area contributed by atoms with Gasteiger partial charge in [-0.3, -0.25) is 14.9 Å². The molecule has 0 unspecified atom stereocenters. The number of esters is 1. The van der Waals surface area contributed by atoms with E-state index in [1.807, 2.05) is 0 Å². The van der Waals surface area contributed by atoms with E-state index in [1.54, 1.807) is 36.2 Å². The molecule has 0 aliphatic carbocycles. The number of piperidine rings is 1. The standard InChI is InChI=1S/C19H21N5O6/c1-22(14-6-4-3-5-13(14)19(27)30-2)16-15(24(28)29)17(21-11-20-16)23-9-7-12(8-10-23)18(25)26/h3-6,11-12H,7-10H2,1-2H3,(H,25,26). The number of benzene rings is 1. The molecule has 1 aromatic carbocycles. The maximum atomic E-state index is 12.1. The van der Waals surface area contributed by atoms with Crippen LogP contribution in [0.25, 0.3) is 0 Å². The molecule has 0 atom stereocenters. The van der Waals surface area contributed by atoms with E-state index in [1.165, 1.54) is 18.3 Å². The highest BCUT2D eigenvalue weighted by Gasteiger charge is 2.33. The molecule has 2 heterocycles. The van der Waals surface area contributed by atoms with Crippen molar-refractivity contribution in [2.24, 2.45) is 5.92 Å². The summed E-state index contributed by atoms with van der Waals surface area (Å²) in [6.45, 7) is 0.660. The van der Waals surface area contributed by atoms with Gasteiger partial charge in [-0.05, 0) is 25.0 Å². The molecule has 1 saturated heterocycles. The van der Waals surface area contributed by atoms with E-state index in [2.05, 4.69) is 9.97 Å². The Bertz CT molecular complexity index is 974. The van der Waals surface area contributed by atoms with Crippen LogP contribution < -0.4 is 9.80 Å². The van der Waals surface area contributed by atoms with Gasteiger partial charge < -0.3 is 19.6 Å². The number of carboxylic acid groups (broad SMARTS) is 1. The molecule has 1 aromatic heterocycles. The molecule has 0 bridgehead atoms. The van der Waals surface area contributed by atoms with Crippen molar-refractivity contribution in [3.05, 3.63) is 46.3 Å². The highest BCUT2D eigenvalue weighted by Crippen LogP contribution is 2.38. The zero-order chi connectivity index (χ0) is 21.8. The summed E-state index contributed by atoms with van der Waals surface area (Å²) in [5.74, 6) is -1.79. The first-order valence-corrected chi connectivity index (χ1v) is 9.23. The summed E-state index contributed by atoms with van der Waals surface area (Å²) < 4.78 is 4.80. The van der Waals surface area contributed by atoms with E-state index in [-0.39, 0.29) is 22.9 Å². The lowest BCUT2D eigenvalue weighted by Crippen LogP contribution is -2.37. The third-order valence-electron chi connectivity index (χ3n) is 5.10. The molecule has 2 aromatic rings. The lowest BCUT2D eigenvalue weighted by atomic mass is 9.97. The van der Waals surface area contributed by atoms with E-state index in [9.17, 15) is 24.8 Å². The second-order valence-electron chi connectivity index (χ2n) is 6.79. The van der Waals surface area contributed by atoms with Gasteiger partial charge in [0.15, 0.2) is 0 Å². The van der Waals surface area contributed by atoms with Crippen molar-refractivity contribution >= 4 is 34.9 Å². The van der Waals surface area contributed by atoms with Crippen molar-refractivity contribution in [3.8, 4) is 0 Å². The predicted octanol–water partition coefficient (Wildman–Crippen LogP) is 2.24. The number of carboxylic acids is 1. The van der Waals surface area contributed by atoms with E-state index >= 15 is 0 Å². The number of hydrogen-bond acceptors (Lipinski definition) is 9. The van der Waals surface area contributed by atoms with Crippen molar-refractivity contribution in [1.82, 2.24) is 9.97 Å². The maximum absolute atomic E-state index is 12.1. The van der Waals surface area contributed by atoms with E-state index in [0.717, 1.165) is 0 Å². The van der Waals surface area contributed by atoms with Crippen molar-refractivity contribution in [1.29, 1.82) is 0 Å². The molecule has 3 rings (SSSR count). The third kappa shape index (κ3) is 4.00. The second-order valence-corrected chi connectivity index (χ2v) is 6.79. The van der Waals surface area contributed by atoms with Gasteiger partial charge in [0.25, 0.3) is 0 Å². The summed E-state index contributed by atoms with van der Waals surface area (Å²) in [4.78, 5) is 46.0. The molecule has 30 heavy (non-hydrogen) atoms. The first kappa shape index (κ1) is 21.0. The Kier molecular flexibility index (Phi) is 6.09. The van der Waals surface area contributed by atoms with E-state index < -0.39 is 22.8 Å². The average Bonchev–Trinajstić information content (AvgIpc) is 2.77. The topological polar surface area (TPSA) is 139 Å². The van der Waals surface area contributed by atoms with Gasteiger partial charge in [0.1, 0.15) is 6.33 Å². The summed E-state index contributed by atoms with van der Waals surface area (Å²) in [7, 11) is 2.82. The molecule has 0 spiro atoms. The van der Waals surface area contributed by atoms with Crippen LogP contribution in [0.4, 0.5) is 23.0 Å². The summed E-state index contributed by atoms with van der Waals surface area (Å²) >= 11 is 0. The van der Waals surface area contributed by atoms with Crippen LogP contribution in [0.3, 0.4) is 0 Å². The van der Waals surface area contributed by atoms with Gasteiger partial charge in [0.05, 0.1) is 29.2 Å². The van der Waals surface area contributed by atoms with Crippen LogP contribution in [0.1, 0.15) is 23.2 Å². The number of methoxy groups -OCH3 is 1. The average molecular weight is 415 g/mol. The van der Waals surface area contributed by atoms with Crippen molar-refractivity contribution in [2.45, 2.75) is 12.8 Å². The summed E-state index contributed by atoms with van der Waals surface area (Å²) in [6, 6.07) is 6.55. The minimum absolute atomic E-state index is 0.0155. The molecule has 0 saturated carbocycles. The van der Waals surface area contributed by atoms with Gasteiger partial charge in [-0.25, -0.2) is 14.8 Å². The number of para-hydroxylation sites is 1. The number of ether oxygens (including phenoxy) is 1. The molecule has 1 N–H and O–H groups in total. The first-order valence-electron chi connectivity index (χ1n) is 9.23. The quantitative estimate of drug-likeness (QED) is 0.424. The number of nitro groups is 1. The predicted molar refractivity (Wildman–Crippen MR) is 107 cm³/mol. The second kappa shape index (κ2) is 8.72. The normalized spacial score (nSPS) is 14.3. The zero-order valence-electron chi connectivity index (χ0n) is 16.5. The van der Waals surface area contributed by atoms with Crippen molar-refractivity contribution in [2.75, 3.05) is 37.0 Å². The van der Waals surface area contributed by atoms with Crippen LogP contribution in [0.15, 0.2) is 30.6 Å². The SMILES string of the molecule is COC(=O)c1ccccc1N(C)c1ncnc(N2CCC(C(=O)O)CC2)c1[N+](=O)[O-]. The molecule has 11 heteroatoms.